The molecule has 0 bridgehead atoms. The van der Waals surface area contributed by atoms with Crippen molar-refractivity contribution in [2.45, 2.75) is 31.6 Å². The lowest BCUT2D eigenvalue weighted by Crippen LogP contribution is -2.36. The molecule has 7 heteroatoms. The maximum atomic E-state index is 13.4. The van der Waals surface area contributed by atoms with Crippen LogP contribution in [0.1, 0.15) is 42.0 Å². The first-order chi connectivity index (χ1) is 15.0. The van der Waals surface area contributed by atoms with E-state index >= 15 is 0 Å². The smallest absolute Gasteiger partial charge is 0.336 e. The van der Waals surface area contributed by atoms with E-state index in [1.165, 1.54) is 11.3 Å². The van der Waals surface area contributed by atoms with Gasteiger partial charge in [0.05, 0.1) is 18.1 Å². The van der Waals surface area contributed by atoms with E-state index in [2.05, 4.69) is 5.32 Å². The second-order valence-electron chi connectivity index (χ2n) is 7.68. The summed E-state index contributed by atoms with van der Waals surface area (Å²) in [5.41, 5.74) is 3.71. The Labute approximate surface area is 190 Å². The second kappa shape index (κ2) is 9.39. The number of methoxy groups -OCH3 is 1. The first-order valence-electron chi connectivity index (χ1n) is 10.2. The Morgan fingerprint density at radius 1 is 1.19 bits per heavy atom. The minimum absolute atomic E-state index is 0.000518. The monoisotopic (exact) mass is 457 g/mol. The van der Waals surface area contributed by atoms with Crippen LogP contribution in [-0.4, -0.2) is 32.1 Å². The van der Waals surface area contributed by atoms with Crippen LogP contribution in [0.5, 0.6) is 0 Å². The number of nitrogens with one attached hydrogen (secondary N) is 1. The summed E-state index contributed by atoms with van der Waals surface area (Å²) in [5.74, 6) is -0.815. The van der Waals surface area contributed by atoms with Crippen LogP contribution < -0.4 is 5.32 Å². The van der Waals surface area contributed by atoms with Gasteiger partial charge in [-0.3, -0.25) is 4.79 Å². The van der Waals surface area contributed by atoms with Crippen molar-refractivity contribution in [2.24, 2.45) is 0 Å². The van der Waals surface area contributed by atoms with Crippen LogP contribution in [0.15, 0.2) is 64.3 Å². The Balaban J connectivity index is 1.72. The van der Waals surface area contributed by atoms with Crippen molar-refractivity contribution in [1.82, 2.24) is 5.32 Å². The van der Waals surface area contributed by atoms with E-state index < -0.39 is 11.9 Å². The second-order valence-corrected chi connectivity index (χ2v) is 9.07. The Morgan fingerprint density at radius 3 is 2.71 bits per heavy atom. The summed E-state index contributed by atoms with van der Waals surface area (Å²) in [7, 11) is 1.56. The number of carbonyl (C=O) groups excluding carboxylic acids is 2. The molecule has 0 radical (unpaired) electrons. The molecule has 1 aliphatic carbocycles. The van der Waals surface area contributed by atoms with Crippen LogP contribution in [0.25, 0.3) is 0 Å². The molecule has 2 aliphatic rings. The molecule has 2 aromatic rings. The van der Waals surface area contributed by atoms with Gasteiger partial charge in [-0.25, -0.2) is 4.79 Å². The molecular weight excluding hydrogens is 434 g/mol. The molecule has 1 aliphatic heterocycles. The highest BCUT2D eigenvalue weighted by atomic mass is 35.5. The van der Waals surface area contributed by atoms with E-state index in [-0.39, 0.29) is 18.3 Å². The summed E-state index contributed by atoms with van der Waals surface area (Å²) in [4.78, 5) is 27.4. The number of allylic oxidation sites excluding steroid dienone is 3. The van der Waals surface area contributed by atoms with Crippen LogP contribution in [0, 0.1) is 0 Å². The Bertz CT molecular complexity index is 1060. The van der Waals surface area contributed by atoms with Crippen molar-refractivity contribution in [2.75, 3.05) is 20.3 Å². The first-order valence-corrected chi connectivity index (χ1v) is 11.4. The van der Waals surface area contributed by atoms with Gasteiger partial charge in [0, 0.05) is 40.4 Å². The number of hydrogen-bond donors (Lipinski definition) is 1. The van der Waals surface area contributed by atoms with Crippen LogP contribution in [-0.2, 0) is 19.1 Å². The zero-order chi connectivity index (χ0) is 22.0. The molecule has 0 saturated heterocycles. The normalized spacial score (nSPS) is 21.1. The number of ether oxygens (including phenoxy) is 2. The standard InChI is InChI=1S/C24H24ClNO4S/c1-14-21(24(28)30-10-9-29-2)23(20-8-5-11-31-20)22-18(26-14)12-15(13-19(22)27)16-6-3-4-7-17(16)25/h3-8,11,15,23,26H,9-10,12-13H2,1-2H3/t15-,23+/m0/s1. The minimum Gasteiger partial charge on any atom is -0.460 e. The molecule has 1 N–H and O–H groups in total. The Morgan fingerprint density at radius 2 is 2.00 bits per heavy atom. The third-order valence-corrected chi connectivity index (χ3v) is 7.02. The maximum absolute atomic E-state index is 13.4. The molecule has 162 valence electrons. The van der Waals surface area contributed by atoms with E-state index in [1.807, 2.05) is 48.7 Å². The molecule has 0 unspecified atom stereocenters. The van der Waals surface area contributed by atoms with Crippen LogP contribution in [0.2, 0.25) is 5.02 Å². The van der Waals surface area contributed by atoms with Gasteiger partial charge >= 0.3 is 5.97 Å². The summed E-state index contributed by atoms with van der Waals surface area (Å²) in [6.07, 6.45) is 1.02. The molecule has 4 rings (SSSR count). The maximum Gasteiger partial charge on any atom is 0.336 e. The van der Waals surface area contributed by atoms with Gasteiger partial charge in [-0.15, -0.1) is 11.3 Å². The molecule has 1 aromatic carbocycles. The van der Waals surface area contributed by atoms with E-state index in [9.17, 15) is 9.59 Å². The number of halogens is 1. The number of esters is 1. The summed E-state index contributed by atoms with van der Waals surface area (Å²) in [6.45, 7) is 2.35. The lowest BCUT2D eigenvalue weighted by atomic mass is 9.73. The number of hydrogen-bond acceptors (Lipinski definition) is 6. The van der Waals surface area contributed by atoms with E-state index in [0.29, 0.717) is 41.3 Å². The van der Waals surface area contributed by atoms with Gasteiger partial charge in [0.2, 0.25) is 0 Å². The molecule has 31 heavy (non-hydrogen) atoms. The summed E-state index contributed by atoms with van der Waals surface area (Å²) in [6, 6.07) is 11.6. The zero-order valence-corrected chi connectivity index (χ0v) is 19.0. The topological polar surface area (TPSA) is 64.6 Å². The van der Waals surface area contributed by atoms with Crippen LogP contribution in [0.3, 0.4) is 0 Å². The van der Waals surface area contributed by atoms with Gasteiger partial charge < -0.3 is 14.8 Å². The fourth-order valence-electron chi connectivity index (χ4n) is 4.37. The molecule has 0 fully saturated rings. The third kappa shape index (κ3) is 4.33. The predicted octanol–water partition coefficient (Wildman–Crippen LogP) is 4.95. The van der Waals surface area contributed by atoms with Crippen molar-refractivity contribution in [3.05, 3.63) is 79.8 Å². The molecule has 0 saturated carbocycles. The average Bonchev–Trinajstić information content (AvgIpc) is 3.27. The van der Waals surface area contributed by atoms with Gasteiger partial charge in [0.1, 0.15) is 6.61 Å². The molecule has 1 aromatic heterocycles. The number of Topliss-reactive ketones (excluding diaryl/α,β-unsaturated/α-hetero) is 1. The lowest BCUT2D eigenvalue weighted by molar-refractivity contribution is -0.140. The number of thiophene rings is 1. The highest BCUT2D eigenvalue weighted by molar-refractivity contribution is 7.10. The quantitative estimate of drug-likeness (QED) is 0.491. The van der Waals surface area contributed by atoms with Gasteiger partial charge in [-0.2, -0.15) is 0 Å². The van der Waals surface area contributed by atoms with E-state index in [1.54, 1.807) is 7.11 Å². The van der Waals surface area contributed by atoms with Crippen molar-refractivity contribution >= 4 is 34.7 Å². The molecule has 2 atom stereocenters. The fourth-order valence-corrected chi connectivity index (χ4v) is 5.50. The number of ketones is 1. The molecule has 0 amide bonds. The number of dihydropyridines is 1. The average molecular weight is 458 g/mol. The third-order valence-electron chi connectivity index (χ3n) is 5.74. The summed E-state index contributed by atoms with van der Waals surface area (Å²) in [5, 5.41) is 5.98. The fraction of sp³-hybridized carbons (Fsp3) is 0.333. The molecule has 2 heterocycles. The van der Waals surface area contributed by atoms with Gasteiger partial charge in [-0.1, -0.05) is 35.9 Å². The molecule has 0 spiro atoms. The molecule has 5 nitrogen and oxygen atoms in total. The number of benzene rings is 1. The Hall–Kier alpha value is -2.41. The SMILES string of the molecule is COCCOC(=O)C1=C(C)NC2=C(C(=O)C[C@@H](c3ccccc3Cl)C2)[C@@H]1c1cccs1. The first kappa shape index (κ1) is 21.8. The molecular formula is C24H24ClNO4S. The van der Waals surface area contributed by atoms with Crippen LogP contribution in [0.4, 0.5) is 0 Å². The van der Waals surface area contributed by atoms with E-state index in [0.717, 1.165) is 16.1 Å². The van der Waals surface area contributed by atoms with Gasteiger partial charge in [-0.05, 0) is 42.3 Å². The predicted molar refractivity (Wildman–Crippen MR) is 121 cm³/mol. The number of rotatable bonds is 6. The van der Waals surface area contributed by atoms with Gasteiger partial charge in [0.25, 0.3) is 0 Å². The Kier molecular flexibility index (Phi) is 6.60. The largest absolute Gasteiger partial charge is 0.460 e. The minimum atomic E-state index is -0.425. The van der Waals surface area contributed by atoms with Crippen molar-refractivity contribution in [3.63, 3.8) is 0 Å². The summed E-state index contributed by atoms with van der Waals surface area (Å²) >= 11 is 7.95. The lowest BCUT2D eigenvalue weighted by Gasteiger charge is -2.36. The van der Waals surface area contributed by atoms with E-state index in [4.69, 9.17) is 21.1 Å². The zero-order valence-electron chi connectivity index (χ0n) is 17.4. The summed E-state index contributed by atoms with van der Waals surface area (Å²) < 4.78 is 10.4. The van der Waals surface area contributed by atoms with Gasteiger partial charge in [0.15, 0.2) is 5.78 Å². The highest BCUT2D eigenvalue weighted by Gasteiger charge is 2.42. The highest BCUT2D eigenvalue weighted by Crippen LogP contribution is 2.47. The van der Waals surface area contributed by atoms with Crippen molar-refractivity contribution in [3.8, 4) is 0 Å². The van der Waals surface area contributed by atoms with Crippen molar-refractivity contribution < 1.29 is 19.1 Å². The van der Waals surface area contributed by atoms with Crippen molar-refractivity contribution in [1.29, 1.82) is 0 Å². The van der Waals surface area contributed by atoms with Crippen LogP contribution >= 0.6 is 22.9 Å². The number of carbonyl (C=O) groups is 2.